The first-order valence-corrected chi connectivity index (χ1v) is 8.10. The average molecular weight is 318 g/mol. The van der Waals surface area contributed by atoms with Gasteiger partial charge in [-0.25, -0.2) is 0 Å². The average Bonchev–Trinajstić information content (AvgIpc) is 3.38. The summed E-state index contributed by atoms with van der Waals surface area (Å²) in [5, 5.41) is 6.46. The second kappa shape index (κ2) is 9.15. The fraction of sp³-hybridized carbons (Fsp3) is 0.529. The first kappa shape index (κ1) is 17.3. The van der Waals surface area contributed by atoms with Crippen LogP contribution in [-0.4, -0.2) is 38.7 Å². The number of carbonyl (C=O) groups excluding carboxylic acids is 1. The molecular weight excluding hydrogens is 292 g/mol. The summed E-state index contributed by atoms with van der Waals surface area (Å²) in [6, 6.07) is 7.26. The van der Waals surface area contributed by atoms with Gasteiger partial charge in [0.2, 0.25) is 5.91 Å². The molecule has 6 nitrogen and oxygen atoms in total. The van der Waals surface area contributed by atoms with Crippen molar-refractivity contribution in [3.05, 3.63) is 35.4 Å². The maximum absolute atomic E-state index is 11.2. The Balaban J connectivity index is 1.63. The zero-order valence-corrected chi connectivity index (χ0v) is 13.7. The second-order valence-corrected chi connectivity index (χ2v) is 5.79. The molecule has 0 bridgehead atoms. The Labute approximate surface area is 137 Å². The van der Waals surface area contributed by atoms with E-state index in [9.17, 15) is 4.79 Å². The molecule has 1 fully saturated rings. The van der Waals surface area contributed by atoms with E-state index in [1.165, 1.54) is 12.8 Å². The van der Waals surface area contributed by atoms with E-state index in [2.05, 4.69) is 15.6 Å². The van der Waals surface area contributed by atoms with Gasteiger partial charge in [0.05, 0.1) is 0 Å². The Hall–Kier alpha value is -2.08. The lowest BCUT2D eigenvalue weighted by atomic mass is 10.1. The smallest absolute Gasteiger partial charge is 0.248 e. The maximum Gasteiger partial charge on any atom is 0.248 e. The largest absolute Gasteiger partial charge is 0.381 e. The molecule has 0 radical (unpaired) electrons. The molecule has 0 heterocycles. The van der Waals surface area contributed by atoms with Crippen molar-refractivity contribution in [3.8, 4) is 0 Å². The first-order chi connectivity index (χ1) is 11.2. The second-order valence-electron chi connectivity index (χ2n) is 5.79. The van der Waals surface area contributed by atoms with Crippen LogP contribution in [0.2, 0.25) is 0 Å². The van der Waals surface area contributed by atoms with Gasteiger partial charge < -0.3 is 21.1 Å². The van der Waals surface area contributed by atoms with E-state index in [-0.39, 0.29) is 0 Å². The molecule has 126 valence electrons. The van der Waals surface area contributed by atoms with Gasteiger partial charge in [-0.05, 0) is 42.9 Å². The van der Waals surface area contributed by atoms with Crippen LogP contribution in [0.25, 0.3) is 0 Å². The van der Waals surface area contributed by atoms with Gasteiger partial charge in [0.25, 0.3) is 0 Å². The molecule has 0 aliphatic heterocycles. The van der Waals surface area contributed by atoms with E-state index in [1.54, 1.807) is 19.2 Å². The maximum atomic E-state index is 11.2. The third-order valence-electron chi connectivity index (χ3n) is 3.70. The standard InChI is InChI=1S/C17H26N4O2/c1-19-17(20-8-3-9-23-12-13-6-7-13)21-11-14-4-2-5-15(10-14)16(18)22/h2,4-5,10,13H,3,6-9,11-12H2,1H3,(H2,18,22)(H2,19,20,21). The van der Waals surface area contributed by atoms with Gasteiger partial charge in [-0.15, -0.1) is 0 Å². The number of aliphatic imine (C=N–C) groups is 1. The molecule has 4 N–H and O–H groups in total. The highest BCUT2D eigenvalue weighted by Gasteiger charge is 2.20. The highest BCUT2D eigenvalue weighted by molar-refractivity contribution is 5.92. The van der Waals surface area contributed by atoms with Crippen LogP contribution < -0.4 is 16.4 Å². The third kappa shape index (κ3) is 6.69. The van der Waals surface area contributed by atoms with Gasteiger partial charge >= 0.3 is 0 Å². The van der Waals surface area contributed by atoms with Crippen LogP contribution in [0.3, 0.4) is 0 Å². The van der Waals surface area contributed by atoms with E-state index in [0.717, 1.165) is 43.6 Å². The molecule has 1 aliphatic rings. The molecule has 23 heavy (non-hydrogen) atoms. The Bertz CT molecular complexity index is 541. The molecule has 1 aliphatic carbocycles. The van der Waals surface area contributed by atoms with Gasteiger partial charge in [-0.3, -0.25) is 9.79 Å². The predicted molar refractivity (Wildman–Crippen MR) is 91.3 cm³/mol. The van der Waals surface area contributed by atoms with E-state index in [0.29, 0.717) is 12.1 Å². The number of nitrogens with two attached hydrogens (primary N) is 1. The van der Waals surface area contributed by atoms with E-state index in [4.69, 9.17) is 10.5 Å². The zero-order valence-electron chi connectivity index (χ0n) is 13.7. The summed E-state index contributed by atoms with van der Waals surface area (Å²) in [6.45, 7) is 3.08. The Morgan fingerprint density at radius 1 is 1.39 bits per heavy atom. The highest BCUT2D eigenvalue weighted by atomic mass is 16.5. The van der Waals surface area contributed by atoms with Crippen LogP contribution in [0.1, 0.15) is 35.2 Å². The number of rotatable bonds is 9. The molecular formula is C17H26N4O2. The molecule has 0 saturated heterocycles. The molecule has 1 amide bonds. The van der Waals surface area contributed by atoms with Crippen LogP contribution >= 0.6 is 0 Å². The first-order valence-electron chi connectivity index (χ1n) is 8.10. The SMILES string of the molecule is CN=C(NCCCOCC1CC1)NCc1cccc(C(N)=O)c1. The lowest BCUT2D eigenvalue weighted by Crippen LogP contribution is -2.37. The molecule has 0 aromatic heterocycles. The minimum absolute atomic E-state index is 0.416. The van der Waals surface area contributed by atoms with Crippen LogP contribution in [0.15, 0.2) is 29.3 Å². The summed E-state index contributed by atoms with van der Waals surface area (Å²) in [5.41, 5.74) is 6.78. The molecule has 1 aromatic carbocycles. The number of hydrogen-bond donors (Lipinski definition) is 3. The number of nitrogens with zero attached hydrogens (tertiary/aromatic N) is 1. The number of carbonyl (C=O) groups is 1. The normalized spacial score (nSPS) is 14.6. The van der Waals surface area contributed by atoms with Crippen molar-refractivity contribution < 1.29 is 9.53 Å². The molecule has 1 aromatic rings. The lowest BCUT2D eigenvalue weighted by Gasteiger charge is -2.12. The van der Waals surface area contributed by atoms with Crippen molar-refractivity contribution in [1.82, 2.24) is 10.6 Å². The minimum atomic E-state index is -0.416. The monoisotopic (exact) mass is 318 g/mol. The van der Waals surface area contributed by atoms with Crippen LogP contribution in [0, 0.1) is 5.92 Å². The summed E-state index contributed by atoms with van der Waals surface area (Å²) in [4.78, 5) is 15.4. The van der Waals surface area contributed by atoms with Crippen molar-refractivity contribution in [2.75, 3.05) is 26.8 Å². The van der Waals surface area contributed by atoms with E-state index >= 15 is 0 Å². The van der Waals surface area contributed by atoms with Crippen LogP contribution in [0.4, 0.5) is 0 Å². The van der Waals surface area contributed by atoms with Gasteiger partial charge in [0.1, 0.15) is 0 Å². The lowest BCUT2D eigenvalue weighted by molar-refractivity contribution is 0.1000. The predicted octanol–water partition coefficient (Wildman–Crippen LogP) is 1.27. The van der Waals surface area contributed by atoms with Gasteiger partial charge in [0, 0.05) is 38.9 Å². The summed E-state index contributed by atoms with van der Waals surface area (Å²) in [5.74, 6) is 1.13. The molecule has 0 unspecified atom stereocenters. The molecule has 2 rings (SSSR count). The summed E-state index contributed by atoms with van der Waals surface area (Å²) in [6.07, 6.45) is 3.60. The molecule has 0 spiro atoms. The van der Waals surface area contributed by atoms with E-state index < -0.39 is 5.91 Å². The Morgan fingerprint density at radius 3 is 2.91 bits per heavy atom. The third-order valence-corrected chi connectivity index (χ3v) is 3.70. The van der Waals surface area contributed by atoms with Gasteiger partial charge in [0.15, 0.2) is 5.96 Å². The van der Waals surface area contributed by atoms with Crippen LogP contribution in [-0.2, 0) is 11.3 Å². The number of amides is 1. The Morgan fingerprint density at radius 2 is 2.22 bits per heavy atom. The number of ether oxygens (including phenoxy) is 1. The van der Waals surface area contributed by atoms with Crippen molar-refractivity contribution in [3.63, 3.8) is 0 Å². The Kier molecular flexibility index (Phi) is 6.87. The van der Waals surface area contributed by atoms with Gasteiger partial charge in [-0.1, -0.05) is 12.1 Å². The fourth-order valence-corrected chi connectivity index (χ4v) is 2.16. The van der Waals surface area contributed by atoms with Crippen molar-refractivity contribution in [2.24, 2.45) is 16.6 Å². The van der Waals surface area contributed by atoms with E-state index in [1.807, 2.05) is 12.1 Å². The topological polar surface area (TPSA) is 88.7 Å². The highest BCUT2D eigenvalue weighted by Crippen LogP contribution is 2.28. The number of guanidine groups is 1. The van der Waals surface area contributed by atoms with Crippen LogP contribution in [0.5, 0.6) is 0 Å². The number of hydrogen-bond acceptors (Lipinski definition) is 3. The number of nitrogens with one attached hydrogen (secondary N) is 2. The van der Waals surface area contributed by atoms with Crippen molar-refractivity contribution in [1.29, 1.82) is 0 Å². The summed E-state index contributed by atoms with van der Waals surface area (Å²) < 4.78 is 5.59. The fourth-order valence-electron chi connectivity index (χ4n) is 2.16. The number of benzene rings is 1. The zero-order chi connectivity index (χ0) is 16.5. The summed E-state index contributed by atoms with van der Waals surface area (Å²) in [7, 11) is 1.73. The summed E-state index contributed by atoms with van der Waals surface area (Å²) >= 11 is 0. The van der Waals surface area contributed by atoms with Crippen molar-refractivity contribution >= 4 is 11.9 Å². The minimum Gasteiger partial charge on any atom is -0.381 e. The van der Waals surface area contributed by atoms with Crippen molar-refractivity contribution in [2.45, 2.75) is 25.8 Å². The molecule has 1 saturated carbocycles. The van der Waals surface area contributed by atoms with Gasteiger partial charge in [-0.2, -0.15) is 0 Å². The molecule has 6 heteroatoms. The molecule has 0 atom stereocenters. The number of primary amides is 1. The quantitative estimate of drug-likeness (QED) is 0.363.